The van der Waals surface area contributed by atoms with Gasteiger partial charge in [0.15, 0.2) is 11.5 Å². The van der Waals surface area contributed by atoms with E-state index in [1.54, 1.807) is 0 Å². The van der Waals surface area contributed by atoms with Crippen LogP contribution in [0, 0.1) is 16.0 Å². The number of rotatable bonds is 7. The molecule has 2 saturated heterocycles. The summed E-state index contributed by atoms with van der Waals surface area (Å²) in [6, 6.07) is 2.36. The Morgan fingerprint density at radius 2 is 1.77 bits per heavy atom. The van der Waals surface area contributed by atoms with Crippen molar-refractivity contribution >= 4 is 11.6 Å². The van der Waals surface area contributed by atoms with Gasteiger partial charge in [-0.2, -0.15) is 8.78 Å². The average Bonchev–Trinajstić information content (AvgIpc) is 3.03. The maximum Gasteiger partial charge on any atom is 0.387 e. The van der Waals surface area contributed by atoms with Gasteiger partial charge < -0.3 is 14.4 Å². The van der Waals surface area contributed by atoms with Crippen LogP contribution in [-0.4, -0.2) is 60.5 Å². The molecule has 2 aliphatic rings. The minimum atomic E-state index is -3.11. The van der Waals surface area contributed by atoms with Gasteiger partial charge in [0.25, 0.3) is 5.69 Å². The predicted molar refractivity (Wildman–Crippen MR) is 109 cm³/mol. The summed E-state index contributed by atoms with van der Waals surface area (Å²) < 4.78 is 34.7. The summed E-state index contributed by atoms with van der Waals surface area (Å²) in [5.74, 6) is -0.134. The van der Waals surface area contributed by atoms with Crippen LogP contribution in [0.25, 0.3) is 0 Å². The van der Waals surface area contributed by atoms with Crippen LogP contribution in [0.5, 0.6) is 11.5 Å². The zero-order valence-electron chi connectivity index (χ0n) is 17.7. The van der Waals surface area contributed by atoms with Crippen LogP contribution in [0.4, 0.5) is 14.5 Å². The van der Waals surface area contributed by atoms with E-state index in [0.717, 1.165) is 32.0 Å². The number of nitrogens with zero attached hydrogens (tertiary/aromatic N) is 3. The lowest BCUT2D eigenvalue weighted by Crippen LogP contribution is -2.42. The first-order valence-corrected chi connectivity index (χ1v) is 10.7. The van der Waals surface area contributed by atoms with E-state index in [0.29, 0.717) is 31.5 Å². The number of hydrogen-bond acceptors (Lipinski definition) is 6. The number of carbonyl (C=O) groups excluding carboxylic acids is 1. The van der Waals surface area contributed by atoms with Crippen molar-refractivity contribution in [1.29, 1.82) is 0 Å². The summed E-state index contributed by atoms with van der Waals surface area (Å²) in [7, 11) is 1.29. The second-order valence-corrected chi connectivity index (χ2v) is 8.06. The highest BCUT2D eigenvalue weighted by molar-refractivity contribution is 5.79. The molecule has 0 N–H and O–H groups in total. The Labute approximate surface area is 180 Å². The number of benzene rings is 1. The molecule has 172 valence electrons. The number of alkyl halides is 2. The van der Waals surface area contributed by atoms with Crippen LogP contribution in [-0.2, 0) is 11.3 Å². The highest BCUT2D eigenvalue weighted by Crippen LogP contribution is 2.36. The molecule has 2 fully saturated rings. The van der Waals surface area contributed by atoms with Crippen LogP contribution in [0.1, 0.15) is 44.1 Å². The van der Waals surface area contributed by atoms with Crippen LogP contribution >= 0.6 is 0 Å². The lowest BCUT2D eigenvalue weighted by molar-refractivity contribution is -0.385. The highest BCUT2D eigenvalue weighted by Gasteiger charge is 2.30. The minimum absolute atomic E-state index is 0.0133. The number of piperidine rings is 1. The molecule has 31 heavy (non-hydrogen) atoms. The molecular weight excluding hydrogens is 412 g/mol. The first kappa shape index (κ1) is 23.2. The quantitative estimate of drug-likeness (QED) is 0.472. The molecule has 1 amide bonds. The average molecular weight is 441 g/mol. The van der Waals surface area contributed by atoms with Crippen LogP contribution in [0.2, 0.25) is 0 Å². The Morgan fingerprint density at radius 1 is 1.13 bits per heavy atom. The molecule has 0 radical (unpaired) electrons. The van der Waals surface area contributed by atoms with E-state index < -0.39 is 11.5 Å². The number of hydrogen-bond donors (Lipinski definition) is 0. The lowest BCUT2D eigenvalue weighted by Gasteiger charge is -2.34. The van der Waals surface area contributed by atoms with Crippen LogP contribution in [0.3, 0.4) is 0 Å². The largest absolute Gasteiger partial charge is 0.493 e. The number of halogens is 2. The second kappa shape index (κ2) is 10.7. The molecule has 8 nitrogen and oxygen atoms in total. The van der Waals surface area contributed by atoms with Gasteiger partial charge in [0.2, 0.25) is 5.91 Å². The summed E-state index contributed by atoms with van der Waals surface area (Å²) in [6.45, 7) is 0.0977. The van der Waals surface area contributed by atoms with Gasteiger partial charge >= 0.3 is 6.61 Å². The molecule has 2 heterocycles. The number of amides is 1. The third kappa shape index (κ3) is 6.03. The van der Waals surface area contributed by atoms with E-state index in [1.807, 2.05) is 9.80 Å². The first-order valence-electron chi connectivity index (χ1n) is 10.7. The van der Waals surface area contributed by atoms with E-state index in [-0.39, 0.29) is 35.6 Å². The summed E-state index contributed by atoms with van der Waals surface area (Å²) in [5.41, 5.74) is 0.0694. The van der Waals surface area contributed by atoms with E-state index in [1.165, 1.54) is 26.0 Å². The molecule has 0 bridgehead atoms. The zero-order valence-corrected chi connectivity index (χ0v) is 17.7. The second-order valence-electron chi connectivity index (χ2n) is 8.06. The Kier molecular flexibility index (Phi) is 8.00. The van der Waals surface area contributed by atoms with Crippen molar-refractivity contribution in [3.05, 3.63) is 27.8 Å². The highest BCUT2D eigenvalue weighted by atomic mass is 19.3. The van der Waals surface area contributed by atoms with E-state index in [9.17, 15) is 23.7 Å². The topological polar surface area (TPSA) is 85.2 Å². The fourth-order valence-corrected chi connectivity index (χ4v) is 4.36. The van der Waals surface area contributed by atoms with Crippen molar-refractivity contribution in [3.63, 3.8) is 0 Å². The summed E-state index contributed by atoms with van der Waals surface area (Å²) in [5, 5.41) is 11.5. The number of carbonyl (C=O) groups is 1. The molecule has 0 spiro atoms. The van der Waals surface area contributed by atoms with E-state index in [4.69, 9.17) is 4.74 Å². The van der Waals surface area contributed by atoms with Crippen molar-refractivity contribution in [2.75, 3.05) is 33.3 Å². The maximum atomic E-state index is 12.8. The molecule has 1 aromatic carbocycles. The molecular formula is C21H29F2N3O5. The Morgan fingerprint density at radius 3 is 2.32 bits per heavy atom. The van der Waals surface area contributed by atoms with Gasteiger partial charge in [-0.15, -0.1) is 0 Å². The van der Waals surface area contributed by atoms with Gasteiger partial charge in [0.05, 0.1) is 18.1 Å². The molecule has 0 aromatic heterocycles. The van der Waals surface area contributed by atoms with Crippen molar-refractivity contribution < 1.29 is 28.0 Å². The third-order valence-electron chi connectivity index (χ3n) is 6.03. The number of ether oxygens (including phenoxy) is 2. The van der Waals surface area contributed by atoms with Crippen LogP contribution < -0.4 is 9.47 Å². The van der Waals surface area contributed by atoms with Gasteiger partial charge in [-0.1, -0.05) is 12.8 Å². The van der Waals surface area contributed by atoms with Gasteiger partial charge in [-0.05, 0) is 44.8 Å². The van der Waals surface area contributed by atoms with Crippen molar-refractivity contribution in [1.82, 2.24) is 9.80 Å². The standard InChI is InChI=1S/C21H29F2N3O5/c1-30-18-12-16(17(26(28)29)13-19(18)31-21(22)23)14-24-10-6-15(7-11-24)20(27)25-8-4-2-3-5-9-25/h12-13,15,21H,2-11,14H2,1H3. The minimum Gasteiger partial charge on any atom is -0.493 e. The third-order valence-corrected chi connectivity index (χ3v) is 6.03. The smallest absolute Gasteiger partial charge is 0.387 e. The summed E-state index contributed by atoms with van der Waals surface area (Å²) in [6.07, 6.45) is 5.86. The molecule has 0 saturated carbocycles. The van der Waals surface area contributed by atoms with Crippen LogP contribution in [0.15, 0.2) is 12.1 Å². The zero-order chi connectivity index (χ0) is 22.4. The molecule has 1 aromatic rings. The lowest BCUT2D eigenvalue weighted by atomic mass is 9.94. The van der Waals surface area contributed by atoms with Crippen molar-refractivity contribution in [2.24, 2.45) is 5.92 Å². The molecule has 3 rings (SSSR count). The van der Waals surface area contributed by atoms with Gasteiger partial charge in [0, 0.05) is 31.1 Å². The summed E-state index contributed by atoms with van der Waals surface area (Å²) >= 11 is 0. The molecule has 2 aliphatic heterocycles. The van der Waals surface area contributed by atoms with Gasteiger partial charge in [-0.3, -0.25) is 19.8 Å². The number of methoxy groups -OCH3 is 1. The Bertz CT molecular complexity index is 777. The van der Waals surface area contributed by atoms with Gasteiger partial charge in [0.1, 0.15) is 0 Å². The molecule has 0 unspecified atom stereocenters. The Hall–Kier alpha value is -2.49. The SMILES string of the molecule is COc1cc(CN2CCC(C(=O)N3CCCCCC3)CC2)c([N+](=O)[O-])cc1OC(F)F. The van der Waals surface area contributed by atoms with Crippen molar-refractivity contribution in [2.45, 2.75) is 51.7 Å². The fraction of sp³-hybridized carbons (Fsp3) is 0.667. The molecule has 0 aliphatic carbocycles. The monoisotopic (exact) mass is 441 g/mol. The maximum absolute atomic E-state index is 12.8. The number of likely N-dealkylation sites (tertiary alicyclic amines) is 2. The van der Waals surface area contributed by atoms with E-state index >= 15 is 0 Å². The van der Waals surface area contributed by atoms with Crippen molar-refractivity contribution in [3.8, 4) is 11.5 Å². The normalized spacial score (nSPS) is 18.6. The van der Waals surface area contributed by atoms with E-state index in [2.05, 4.69) is 4.74 Å². The Balaban J connectivity index is 1.65. The number of nitro benzene ring substituents is 1. The molecule has 0 atom stereocenters. The fourth-order valence-electron chi connectivity index (χ4n) is 4.36. The first-order chi connectivity index (χ1) is 14.9. The van der Waals surface area contributed by atoms with Gasteiger partial charge in [-0.25, -0.2) is 0 Å². The molecule has 10 heteroatoms. The summed E-state index contributed by atoms with van der Waals surface area (Å²) in [4.78, 5) is 27.8. The number of nitro groups is 1. The predicted octanol–water partition coefficient (Wildman–Crippen LogP) is 3.82.